The minimum atomic E-state index is -0.0638. The van der Waals surface area contributed by atoms with Crippen LogP contribution in [0.1, 0.15) is 29.9 Å². The van der Waals surface area contributed by atoms with E-state index >= 15 is 0 Å². The highest BCUT2D eigenvalue weighted by Gasteiger charge is 2.19. The Morgan fingerprint density at radius 3 is 2.54 bits per heavy atom. The molecular weight excluding hydrogens is 300 g/mol. The third kappa shape index (κ3) is 3.54. The summed E-state index contributed by atoms with van der Waals surface area (Å²) in [5.74, 6) is 0.0150. The number of ether oxygens (including phenoxy) is 1. The molecule has 0 radical (unpaired) electrons. The number of Topliss-reactive ketones (excluding diaryl/α,β-unsaturated/α-hetero) is 1. The fourth-order valence-electron chi connectivity index (χ4n) is 2.67. The van der Waals surface area contributed by atoms with E-state index in [1.54, 1.807) is 0 Å². The van der Waals surface area contributed by atoms with Crippen LogP contribution in [0, 0.1) is 5.92 Å². The van der Waals surface area contributed by atoms with E-state index in [-0.39, 0.29) is 11.7 Å². The maximum atomic E-state index is 12.4. The lowest BCUT2D eigenvalue weighted by Gasteiger charge is -2.06. The standard InChI is InChI=1S/C20H22N2O2/c1-15(2)20(23)19-17-10-6-7-11-18(17)22(21-19)12-13-24-14-16-8-4-3-5-9-16/h3-11,15H,12-14H2,1-2H3. The number of para-hydroxylation sites is 1. The van der Waals surface area contributed by atoms with Gasteiger partial charge in [-0.05, 0) is 11.6 Å². The van der Waals surface area contributed by atoms with E-state index in [9.17, 15) is 4.79 Å². The van der Waals surface area contributed by atoms with Gasteiger partial charge in [-0.3, -0.25) is 9.48 Å². The molecule has 0 bridgehead atoms. The third-order valence-corrected chi connectivity index (χ3v) is 3.97. The maximum Gasteiger partial charge on any atom is 0.186 e. The van der Waals surface area contributed by atoms with Gasteiger partial charge in [0.1, 0.15) is 5.69 Å². The molecule has 24 heavy (non-hydrogen) atoms. The van der Waals surface area contributed by atoms with E-state index in [0.717, 1.165) is 16.5 Å². The van der Waals surface area contributed by atoms with Gasteiger partial charge in [0.15, 0.2) is 5.78 Å². The van der Waals surface area contributed by atoms with Crippen molar-refractivity contribution in [1.29, 1.82) is 0 Å². The molecule has 0 amide bonds. The van der Waals surface area contributed by atoms with Crippen molar-refractivity contribution >= 4 is 16.7 Å². The second-order valence-electron chi connectivity index (χ2n) is 6.15. The van der Waals surface area contributed by atoms with Crippen molar-refractivity contribution in [3.63, 3.8) is 0 Å². The summed E-state index contributed by atoms with van der Waals surface area (Å²) in [5, 5.41) is 5.46. The molecule has 0 atom stereocenters. The van der Waals surface area contributed by atoms with Gasteiger partial charge in [-0.2, -0.15) is 5.10 Å². The van der Waals surface area contributed by atoms with Gasteiger partial charge in [-0.25, -0.2) is 0 Å². The van der Waals surface area contributed by atoms with Crippen LogP contribution in [0.5, 0.6) is 0 Å². The number of benzene rings is 2. The number of carbonyl (C=O) groups is 1. The molecular formula is C20H22N2O2. The van der Waals surface area contributed by atoms with Crippen LogP contribution < -0.4 is 0 Å². The molecule has 0 fully saturated rings. The summed E-state index contributed by atoms with van der Waals surface area (Å²) in [5.41, 5.74) is 2.69. The van der Waals surface area contributed by atoms with Crippen LogP contribution in [0.25, 0.3) is 10.9 Å². The first kappa shape index (κ1) is 16.4. The Kier molecular flexibility index (Phi) is 5.06. The first-order chi connectivity index (χ1) is 11.7. The highest BCUT2D eigenvalue weighted by Crippen LogP contribution is 2.21. The van der Waals surface area contributed by atoms with E-state index in [1.165, 1.54) is 0 Å². The first-order valence-electron chi connectivity index (χ1n) is 8.28. The Morgan fingerprint density at radius 1 is 1.08 bits per heavy atom. The van der Waals surface area contributed by atoms with Crippen LogP contribution in [0.2, 0.25) is 0 Å². The van der Waals surface area contributed by atoms with Crippen LogP contribution in [-0.2, 0) is 17.9 Å². The zero-order valence-corrected chi connectivity index (χ0v) is 14.1. The summed E-state index contributed by atoms with van der Waals surface area (Å²) in [7, 11) is 0. The summed E-state index contributed by atoms with van der Waals surface area (Å²) >= 11 is 0. The van der Waals surface area contributed by atoms with E-state index in [0.29, 0.717) is 25.5 Å². The highest BCUT2D eigenvalue weighted by atomic mass is 16.5. The van der Waals surface area contributed by atoms with Crippen molar-refractivity contribution in [1.82, 2.24) is 9.78 Å². The van der Waals surface area contributed by atoms with Crippen molar-refractivity contribution in [3.8, 4) is 0 Å². The average Bonchev–Trinajstić information content (AvgIpc) is 2.98. The van der Waals surface area contributed by atoms with Gasteiger partial charge < -0.3 is 4.74 Å². The molecule has 4 heteroatoms. The minimum absolute atomic E-state index is 0.0638. The minimum Gasteiger partial charge on any atom is -0.375 e. The lowest BCUT2D eigenvalue weighted by atomic mass is 10.0. The number of hydrogen-bond acceptors (Lipinski definition) is 3. The highest BCUT2D eigenvalue weighted by molar-refractivity contribution is 6.06. The Balaban J connectivity index is 1.71. The van der Waals surface area contributed by atoms with Gasteiger partial charge >= 0.3 is 0 Å². The van der Waals surface area contributed by atoms with Crippen LogP contribution in [-0.4, -0.2) is 22.2 Å². The Hall–Kier alpha value is -2.46. The van der Waals surface area contributed by atoms with Gasteiger partial charge in [-0.1, -0.05) is 62.4 Å². The molecule has 3 aromatic rings. The lowest BCUT2D eigenvalue weighted by molar-refractivity contribution is 0.0932. The Morgan fingerprint density at radius 2 is 1.79 bits per heavy atom. The molecule has 2 aromatic carbocycles. The lowest BCUT2D eigenvalue weighted by Crippen LogP contribution is -2.11. The molecule has 124 valence electrons. The molecule has 0 aliphatic rings. The number of nitrogens with zero attached hydrogens (tertiary/aromatic N) is 2. The Bertz CT molecular complexity index is 822. The number of ketones is 1. The fraction of sp³-hybridized carbons (Fsp3) is 0.300. The third-order valence-electron chi connectivity index (χ3n) is 3.97. The maximum absolute atomic E-state index is 12.4. The molecule has 0 aliphatic carbocycles. The van der Waals surface area contributed by atoms with Crippen molar-refractivity contribution in [2.75, 3.05) is 6.61 Å². The summed E-state index contributed by atoms with van der Waals surface area (Å²) in [4.78, 5) is 12.4. The molecule has 0 N–H and O–H groups in total. The van der Waals surface area contributed by atoms with Gasteiger partial charge in [-0.15, -0.1) is 0 Å². The second kappa shape index (κ2) is 7.41. The van der Waals surface area contributed by atoms with Crippen LogP contribution in [0.4, 0.5) is 0 Å². The number of hydrogen-bond donors (Lipinski definition) is 0. The summed E-state index contributed by atoms with van der Waals surface area (Å²) in [6.45, 7) is 5.56. The van der Waals surface area contributed by atoms with E-state index in [2.05, 4.69) is 5.10 Å². The van der Waals surface area contributed by atoms with Crippen molar-refractivity contribution in [2.24, 2.45) is 5.92 Å². The van der Waals surface area contributed by atoms with Crippen LogP contribution >= 0.6 is 0 Å². The van der Waals surface area contributed by atoms with Crippen molar-refractivity contribution in [3.05, 3.63) is 65.9 Å². The molecule has 3 rings (SSSR count). The number of carbonyl (C=O) groups excluding carboxylic acids is 1. The normalized spacial score (nSPS) is 11.3. The van der Waals surface area contributed by atoms with E-state index in [4.69, 9.17) is 4.74 Å². The summed E-state index contributed by atoms with van der Waals surface area (Å²) in [6, 6.07) is 18.0. The topological polar surface area (TPSA) is 44.1 Å². The molecule has 0 saturated heterocycles. The van der Waals surface area contributed by atoms with Gasteiger partial charge in [0, 0.05) is 11.3 Å². The zero-order valence-electron chi connectivity index (χ0n) is 14.1. The average molecular weight is 322 g/mol. The van der Waals surface area contributed by atoms with E-state index in [1.807, 2.05) is 73.1 Å². The molecule has 4 nitrogen and oxygen atoms in total. The summed E-state index contributed by atoms with van der Waals surface area (Å²) in [6.07, 6.45) is 0. The molecule has 1 heterocycles. The second-order valence-corrected chi connectivity index (χ2v) is 6.15. The predicted molar refractivity (Wildman–Crippen MR) is 95.0 cm³/mol. The van der Waals surface area contributed by atoms with Gasteiger partial charge in [0.25, 0.3) is 0 Å². The van der Waals surface area contributed by atoms with E-state index < -0.39 is 0 Å². The van der Waals surface area contributed by atoms with Crippen molar-refractivity contribution in [2.45, 2.75) is 27.0 Å². The van der Waals surface area contributed by atoms with Gasteiger partial charge in [0.2, 0.25) is 0 Å². The largest absolute Gasteiger partial charge is 0.375 e. The zero-order chi connectivity index (χ0) is 16.9. The molecule has 0 aliphatic heterocycles. The first-order valence-corrected chi connectivity index (χ1v) is 8.28. The molecule has 0 spiro atoms. The fourth-order valence-corrected chi connectivity index (χ4v) is 2.67. The quantitative estimate of drug-likeness (QED) is 0.486. The predicted octanol–water partition coefficient (Wildman–Crippen LogP) is 4.09. The molecule has 0 unspecified atom stereocenters. The SMILES string of the molecule is CC(C)C(=O)c1nn(CCOCc2ccccc2)c2ccccc12. The number of fused-ring (bicyclic) bond motifs is 1. The molecule has 0 saturated carbocycles. The number of aromatic nitrogens is 2. The van der Waals surface area contributed by atoms with Crippen LogP contribution in [0.15, 0.2) is 54.6 Å². The monoisotopic (exact) mass is 322 g/mol. The summed E-state index contributed by atoms with van der Waals surface area (Å²) < 4.78 is 7.61. The number of rotatable bonds is 7. The Labute approximate surface area is 142 Å². The van der Waals surface area contributed by atoms with Crippen molar-refractivity contribution < 1.29 is 9.53 Å². The van der Waals surface area contributed by atoms with Gasteiger partial charge in [0.05, 0.1) is 25.3 Å². The molecule has 1 aromatic heterocycles. The smallest absolute Gasteiger partial charge is 0.186 e. The van der Waals surface area contributed by atoms with Crippen LogP contribution in [0.3, 0.4) is 0 Å².